The lowest BCUT2D eigenvalue weighted by molar-refractivity contribution is -0.130. The molecule has 3 atom stereocenters. The van der Waals surface area contributed by atoms with Gasteiger partial charge < -0.3 is 4.74 Å². The summed E-state index contributed by atoms with van der Waals surface area (Å²) >= 11 is 0. The Bertz CT molecular complexity index is 837. The molecule has 0 saturated heterocycles. The van der Waals surface area contributed by atoms with Gasteiger partial charge in [0.2, 0.25) is 5.91 Å². The normalized spacial score (nSPS) is 22.6. The largest absolute Gasteiger partial charge is 0.483 e. The number of hydrogen-bond acceptors (Lipinski definition) is 3. The van der Waals surface area contributed by atoms with E-state index in [1.165, 1.54) is 19.3 Å². The zero-order chi connectivity index (χ0) is 19.3. The summed E-state index contributed by atoms with van der Waals surface area (Å²) in [6.07, 6.45) is 5.51. The van der Waals surface area contributed by atoms with E-state index in [1.54, 1.807) is 0 Å². The van der Waals surface area contributed by atoms with E-state index in [2.05, 4.69) is 10.9 Å². The van der Waals surface area contributed by atoms with E-state index < -0.39 is 0 Å². The minimum absolute atomic E-state index is 0.115. The highest BCUT2D eigenvalue weighted by Crippen LogP contribution is 2.49. The molecule has 2 bridgehead atoms. The molecule has 4 rings (SSSR count). The Labute approximate surface area is 165 Å². The van der Waals surface area contributed by atoms with Crippen molar-refractivity contribution in [3.8, 4) is 16.9 Å². The quantitative estimate of drug-likeness (QED) is 0.753. The van der Waals surface area contributed by atoms with Crippen LogP contribution in [0.4, 0.5) is 0 Å². The predicted octanol–water partition coefficient (Wildman–Crippen LogP) is 3.71. The van der Waals surface area contributed by atoms with Gasteiger partial charge in [0.05, 0.1) is 0 Å². The molecule has 2 fully saturated rings. The van der Waals surface area contributed by atoms with Crippen LogP contribution in [0, 0.1) is 17.8 Å². The van der Waals surface area contributed by atoms with Gasteiger partial charge in [-0.2, -0.15) is 0 Å². The van der Waals surface area contributed by atoms with Crippen molar-refractivity contribution >= 4 is 11.8 Å². The van der Waals surface area contributed by atoms with Crippen LogP contribution in [-0.2, 0) is 9.59 Å². The summed E-state index contributed by atoms with van der Waals surface area (Å²) in [4.78, 5) is 24.2. The molecule has 0 heterocycles. The third-order valence-electron chi connectivity index (χ3n) is 6.00. The molecule has 2 aliphatic carbocycles. The first kappa shape index (κ1) is 18.5. The fourth-order valence-corrected chi connectivity index (χ4v) is 4.68. The number of hydrogen-bond donors (Lipinski definition) is 2. The Hall–Kier alpha value is -2.82. The van der Waals surface area contributed by atoms with Crippen molar-refractivity contribution in [2.75, 3.05) is 6.61 Å². The molecule has 0 radical (unpaired) electrons. The van der Waals surface area contributed by atoms with Gasteiger partial charge in [0.15, 0.2) is 6.61 Å². The topological polar surface area (TPSA) is 67.4 Å². The molecular weight excluding hydrogens is 352 g/mol. The van der Waals surface area contributed by atoms with E-state index >= 15 is 0 Å². The van der Waals surface area contributed by atoms with Crippen molar-refractivity contribution < 1.29 is 14.3 Å². The number of carbonyl (C=O) groups is 2. The van der Waals surface area contributed by atoms with Crippen LogP contribution in [0.15, 0.2) is 54.6 Å². The minimum Gasteiger partial charge on any atom is -0.483 e. The molecule has 0 spiro atoms. The number of hydrazine groups is 1. The third kappa shape index (κ3) is 4.35. The molecule has 5 nitrogen and oxygen atoms in total. The predicted molar refractivity (Wildman–Crippen MR) is 107 cm³/mol. The van der Waals surface area contributed by atoms with E-state index in [4.69, 9.17) is 4.74 Å². The highest BCUT2D eigenvalue weighted by Gasteiger charge is 2.40. The van der Waals surface area contributed by atoms with E-state index in [0.29, 0.717) is 24.0 Å². The number of ether oxygens (including phenoxy) is 1. The van der Waals surface area contributed by atoms with Crippen LogP contribution in [0.2, 0.25) is 0 Å². The molecule has 0 aliphatic heterocycles. The summed E-state index contributed by atoms with van der Waals surface area (Å²) in [5.41, 5.74) is 6.95. The van der Waals surface area contributed by atoms with Crippen molar-refractivity contribution in [1.29, 1.82) is 0 Å². The number of amides is 2. The van der Waals surface area contributed by atoms with Gasteiger partial charge in [-0.15, -0.1) is 0 Å². The zero-order valence-electron chi connectivity index (χ0n) is 15.9. The van der Waals surface area contributed by atoms with Crippen molar-refractivity contribution in [3.05, 3.63) is 54.6 Å². The second-order valence-electron chi connectivity index (χ2n) is 7.89. The maximum atomic E-state index is 12.1. The Morgan fingerprint density at radius 3 is 2.39 bits per heavy atom. The van der Waals surface area contributed by atoms with E-state index in [-0.39, 0.29) is 18.4 Å². The number of carbonyl (C=O) groups excluding carboxylic acids is 2. The summed E-state index contributed by atoms with van der Waals surface area (Å²) in [5.74, 6) is 2.14. The number of fused-ring (bicyclic) bond motifs is 2. The number of nitrogens with one attached hydrogen (secondary N) is 2. The minimum atomic E-state index is -0.371. The van der Waals surface area contributed by atoms with Crippen LogP contribution in [0.25, 0.3) is 11.1 Å². The summed E-state index contributed by atoms with van der Waals surface area (Å²) in [6.45, 7) is -0.155. The van der Waals surface area contributed by atoms with Gasteiger partial charge in [0.25, 0.3) is 5.91 Å². The van der Waals surface area contributed by atoms with E-state index in [9.17, 15) is 9.59 Å². The van der Waals surface area contributed by atoms with Gasteiger partial charge in [-0.25, -0.2) is 0 Å². The molecule has 28 heavy (non-hydrogen) atoms. The van der Waals surface area contributed by atoms with Gasteiger partial charge in [0, 0.05) is 12.0 Å². The maximum absolute atomic E-state index is 12.1. The van der Waals surface area contributed by atoms with Crippen LogP contribution in [0.5, 0.6) is 5.75 Å². The Balaban J connectivity index is 1.24. The monoisotopic (exact) mass is 378 g/mol. The Morgan fingerprint density at radius 2 is 1.64 bits per heavy atom. The first-order chi connectivity index (χ1) is 13.7. The Morgan fingerprint density at radius 1 is 0.893 bits per heavy atom. The van der Waals surface area contributed by atoms with Crippen LogP contribution in [-0.4, -0.2) is 18.4 Å². The number of rotatable bonds is 6. The lowest BCUT2D eigenvalue weighted by atomic mass is 9.86. The van der Waals surface area contributed by atoms with Crippen LogP contribution >= 0.6 is 0 Å². The molecular formula is C23H26N2O3. The standard InChI is InChI=1S/C23H26N2O3/c26-22(14-19-13-16-10-11-18(19)12-16)24-25-23(27)15-28-21-9-5-4-8-20(21)17-6-2-1-3-7-17/h1-9,16,18-19H,10-15H2,(H,24,26)(H,25,27)/t16-,18-,19+/m1/s1. The SMILES string of the molecule is O=C(COc1ccccc1-c1ccccc1)NNC(=O)C[C@@H]1C[C@@H]2CC[C@@H]1C2. The van der Waals surface area contributed by atoms with Crippen molar-refractivity contribution in [2.24, 2.45) is 17.8 Å². The van der Waals surface area contributed by atoms with Crippen LogP contribution in [0.1, 0.15) is 32.1 Å². The maximum Gasteiger partial charge on any atom is 0.276 e. The molecule has 2 aliphatic rings. The zero-order valence-corrected chi connectivity index (χ0v) is 15.9. The molecule has 2 aromatic carbocycles. The lowest BCUT2D eigenvalue weighted by Crippen LogP contribution is -2.44. The van der Waals surface area contributed by atoms with Crippen LogP contribution < -0.4 is 15.6 Å². The fraction of sp³-hybridized carbons (Fsp3) is 0.391. The second kappa shape index (κ2) is 8.46. The van der Waals surface area contributed by atoms with Crippen molar-refractivity contribution in [2.45, 2.75) is 32.1 Å². The summed E-state index contributed by atoms with van der Waals surface area (Å²) in [7, 11) is 0. The third-order valence-corrected chi connectivity index (χ3v) is 6.00. The highest BCUT2D eigenvalue weighted by atomic mass is 16.5. The molecule has 2 amide bonds. The average Bonchev–Trinajstić information content (AvgIpc) is 3.35. The lowest BCUT2D eigenvalue weighted by Gasteiger charge is -2.21. The van der Waals surface area contributed by atoms with Crippen LogP contribution in [0.3, 0.4) is 0 Å². The van der Waals surface area contributed by atoms with E-state index in [1.807, 2.05) is 54.6 Å². The highest BCUT2D eigenvalue weighted by molar-refractivity contribution is 5.83. The summed E-state index contributed by atoms with van der Waals surface area (Å²) in [6, 6.07) is 17.5. The molecule has 0 aromatic heterocycles. The van der Waals surface area contributed by atoms with Gasteiger partial charge in [0.1, 0.15) is 5.75 Å². The molecule has 2 saturated carbocycles. The average molecular weight is 378 g/mol. The van der Waals surface area contributed by atoms with Gasteiger partial charge in [-0.1, -0.05) is 55.0 Å². The van der Waals surface area contributed by atoms with Gasteiger partial charge in [-0.05, 0) is 48.6 Å². The summed E-state index contributed by atoms with van der Waals surface area (Å²) < 4.78 is 5.70. The molecule has 146 valence electrons. The first-order valence-electron chi connectivity index (χ1n) is 10.0. The molecule has 2 aromatic rings. The number of benzene rings is 2. The van der Waals surface area contributed by atoms with Gasteiger partial charge in [-0.3, -0.25) is 20.4 Å². The Kier molecular flexibility index (Phi) is 5.60. The molecule has 2 N–H and O–H groups in total. The van der Waals surface area contributed by atoms with Gasteiger partial charge >= 0.3 is 0 Å². The van der Waals surface area contributed by atoms with E-state index in [0.717, 1.165) is 23.5 Å². The smallest absolute Gasteiger partial charge is 0.276 e. The second-order valence-corrected chi connectivity index (χ2v) is 7.89. The molecule has 5 heteroatoms. The first-order valence-corrected chi connectivity index (χ1v) is 10.0. The van der Waals surface area contributed by atoms with Crippen molar-refractivity contribution in [3.63, 3.8) is 0 Å². The van der Waals surface area contributed by atoms with Crippen molar-refractivity contribution in [1.82, 2.24) is 10.9 Å². The summed E-state index contributed by atoms with van der Waals surface area (Å²) in [5, 5.41) is 0. The fourth-order valence-electron chi connectivity index (χ4n) is 4.68. The molecule has 0 unspecified atom stereocenters. The number of para-hydroxylation sites is 1.